The van der Waals surface area contributed by atoms with Gasteiger partial charge in [0, 0.05) is 19.7 Å². The minimum Gasteiger partial charge on any atom is -0.444 e. The molecule has 0 unspecified atom stereocenters. The third-order valence-corrected chi connectivity index (χ3v) is 4.39. The van der Waals surface area contributed by atoms with E-state index in [0.717, 1.165) is 18.2 Å². The molecule has 1 amide bonds. The number of hydrogen-bond acceptors (Lipinski definition) is 5. The van der Waals surface area contributed by atoms with Gasteiger partial charge in [-0.1, -0.05) is 30.3 Å². The Hall–Kier alpha value is -2.78. The first-order valence-corrected chi connectivity index (χ1v) is 8.95. The van der Waals surface area contributed by atoms with Crippen LogP contribution < -0.4 is 5.14 Å². The van der Waals surface area contributed by atoms with E-state index in [1.54, 1.807) is 30.3 Å². The molecule has 0 bridgehead atoms. The summed E-state index contributed by atoms with van der Waals surface area (Å²) in [6.07, 6.45) is -1.31. The number of rotatable bonds is 5. The highest BCUT2D eigenvalue weighted by Crippen LogP contribution is 2.23. The lowest BCUT2D eigenvalue weighted by Crippen LogP contribution is -2.31. The van der Waals surface area contributed by atoms with Gasteiger partial charge in [0.1, 0.15) is 5.82 Å². The second-order valence-corrected chi connectivity index (χ2v) is 7.18. The molecule has 2 aromatic carbocycles. The maximum absolute atomic E-state index is 14.0. The molecule has 0 saturated heterocycles. The van der Waals surface area contributed by atoms with Crippen LogP contribution in [0.5, 0.6) is 0 Å². The zero-order valence-electron chi connectivity index (χ0n) is 14.0. The number of carbonyl (C=O) groups excluding carboxylic acids is 2. The number of sulfonamides is 1. The highest BCUT2D eigenvalue weighted by Gasteiger charge is 2.28. The molecule has 138 valence electrons. The summed E-state index contributed by atoms with van der Waals surface area (Å²) < 4.78 is 42.0. The molecule has 26 heavy (non-hydrogen) atoms. The molecule has 2 aromatic rings. The van der Waals surface area contributed by atoms with Crippen molar-refractivity contribution in [2.75, 3.05) is 14.1 Å². The zero-order chi connectivity index (χ0) is 19.5. The van der Waals surface area contributed by atoms with Gasteiger partial charge in [-0.2, -0.15) is 0 Å². The Morgan fingerprint density at radius 1 is 1.12 bits per heavy atom. The van der Waals surface area contributed by atoms with Crippen LogP contribution in [0.25, 0.3) is 0 Å². The fourth-order valence-electron chi connectivity index (χ4n) is 2.13. The molecule has 0 aliphatic carbocycles. The normalized spacial score (nSPS) is 12.3. The van der Waals surface area contributed by atoms with Gasteiger partial charge in [0.2, 0.25) is 16.1 Å². The molecule has 0 aliphatic rings. The number of amides is 1. The number of nitrogens with zero attached hydrogens (tertiary/aromatic N) is 1. The van der Waals surface area contributed by atoms with Crippen molar-refractivity contribution in [3.8, 4) is 0 Å². The van der Waals surface area contributed by atoms with Crippen LogP contribution in [0.1, 0.15) is 22.0 Å². The highest BCUT2D eigenvalue weighted by atomic mass is 32.2. The summed E-state index contributed by atoms with van der Waals surface area (Å²) in [5.74, 6) is -2.71. The molecular weight excluding hydrogens is 363 g/mol. The van der Waals surface area contributed by atoms with Crippen molar-refractivity contribution in [3.05, 3.63) is 65.5 Å². The Morgan fingerprint density at radius 3 is 2.27 bits per heavy atom. The van der Waals surface area contributed by atoms with Crippen molar-refractivity contribution in [3.63, 3.8) is 0 Å². The summed E-state index contributed by atoms with van der Waals surface area (Å²) in [6.45, 7) is 0. The maximum atomic E-state index is 14.0. The number of halogens is 1. The van der Waals surface area contributed by atoms with Crippen LogP contribution in [0, 0.1) is 5.82 Å². The molecule has 0 aromatic heterocycles. The fraction of sp³-hybridized carbons (Fsp3) is 0.176. The number of benzene rings is 2. The third-order valence-electron chi connectivity index (χ3n) is 3.48. The van der Waals surface area contributed by atoms with E-state index < -0.39 is 44.3 Å². The van der Waals surface area contributed by atoms with Crippen LogP contribution >= 0.6 is 0 Å². The Balaban J connectivity index is 2.40. The Bertz CT molecular complexity index is 929. The first kappa shape index (κ1) is 19.5. The maximum Gasteiger partial charge on any atom is 0.342 e. The summed E-state index contributed by atoms with van der Waals surface area (Å²) in [7, 11) is -1.17. The van der Waals surface area contributed by atoms with Gasteiger partial charge in [0.05, 0.1) is 10.5 Å². The van der Waals surface area contributed by atoms with E-state index in [1.807, 2.05) is 0 Å². The van der Waals surface area contributed by atoms with E-state index in [9.17, 15) is 22.4 Å². The van der Waals surface area contributed by atoms with Crippen molar-refractivity contribution in [2.45, 2.75) is 11.0 Å². The lowest BCUT2D eigenvalue weighted by molar-refractivity contribution is -0.138. The van der Waals surface area contributed by atoms with Crippen molar-refractivity contribution in [1.29, 1.82) is 0 Å². The Kier molecular flexibility index (Phi) is 5.73. The number of nitrogens with two attached hydrogens (primary N) is 1. The molecule has 1 atom stereocenters. The molecule has 0 fully saturated rings. The number of likely N-dealkylation sites (N-methyl/N-ethyl adjacent to an activating group) is 1. The molecule has 0 aliphatic heterocycles. The summed E-state index contributed by atoms with van der Waals surface area (Å²) in [5, 5.41) is 4.99. The van der Waals surface area contributed by atoms with Crippen molar-refractivity contribution >= 4 is 21.9 Å². The van der Waals surface area contributed by atoms with Gasteiger partial charge in [0.15, 0.2) is 0 Å². The molecule has 0 heterocycles. The Morgan fingerprint density at radius 2 is 1.73 bits per heavy atom. The summed E-state index contributed by atoms with van der Waals surface area (Å²) in [6, 6.07) is 10.7. The SMILES string of the molecule is CN(C)C(=O)[C@@H](OC(=O)c1cc(S(N)(=O)=O)ccc1F)c1ccccc1. The summed E-state index contributed by atoms with van der Waals surface area (Å²) >= 11 is 0. The molecule has 7 nitrogen and oxygen atoms in total. The predicted octanol–water partition coefficient (Wildman–Crippen LogP) is 1.46. The van der Waals surface area contributed by atoms with E-state index in [1.165, 1.54) is 19.0 Å². The van der Waals surface area contributed by atoms with Gasteiger partial charge in [-0.15, -0.1) is 0 Å². The molecule has 2 rings (SSSR count). The van der Waals surface area contributed by atoms with Crippen LogP contribution in [0.2, 0.25) is 0 Å². The number of carbonyl (C=O) groups is 2. The van der Waals surface area contributed by atoms with Crippen molar-refractivity contribution in [1.82, 2.24) is 4.90 Å². The largest absolute Gasteiger partial charge is 0.444 e. The van der Waals surface area contributed by atoms with Crippen LogP contribution in [-0.2, 0) is 19.6 Å². The third kappa shape index (κ3) is 4.44. The minimum absolute atomic E-state index is 0.391. The highest BCUT2D eigenvalue weighted by molar-refractivity contribution is 7.89. The first-order chi connectivity index (χ1) is 12.1. The Labute approximate surface area is 150 Å². The number of ether oxygens (including phenoxy) is 1. The molecule has 2 N–H and O–H groups in total. The van der Waals surface area contributed by atoms with Gasteiger partial charge >= 0.3 is 5.97 Å². The van der Waals surface area contributed by atoms with Gasteiger partial charge in [-0.05, 0) is 18.2 Å². The summed E-state index contributed by atoms with van der Waals surface area (Å²) in [4.78, 5) is 25.5. The van der Waals surface area contributed by atoms with E-state index in [4.69, 9.17) is 9.88 Å². The van der Waals surface area contributed by atoms with Crippen molar-refractivity contribution < 1.29 is 27.1 Å². The molecule has 0 saturated carbocycles. The number of esters is 1. The van der Waals surface area contributed by atoms with Gasteiger partial charge in [-0.3, -0.25) is 4.79 Å². The smallest absolute Gasteiger partial charge is 0.342 e. The van der Waals surface area contributed by atoms with Crippen LogP contribution in [-0.4, -0.2) is 39.3 Å². The second-order valence-electron chi connectivity index (χ2n) is 5.62. The van der Waals surface area contributed by atoms with Crippen LogP contribution in [0.4, 0.5) is 4.39 Å². The van der Waals surface area contributed by atoms with Crippen molar-refractivity contribution in [2.24, 2.45) is 5.14 Å². The monoisotopic (exact) mass is 380 g/mol. The van der Waals surface area contributed by atoms with Crippen LogP contribution in [0.3, 0.4) is 0 Å². The summed E-state index contributed by atoms with van der Waals surface area (Å²) in [5.41, 5.74) is -0.244. The number of hydrogen-bond donors (Lipinski definition) is 1. The van der Waals surface area contributed by atoms with Gasteiger partial charge in [0.25, 0.3) is 5.91 Å². The predicted molar refractivity (Wildman–Crippen MR) is 91.1 cm³/mol. The topological polar surface area (TPSA) is 107 Å². The second kappa shape index (κ2) is 7.63. The van der Waals surface area contributed by atoms with E-state index in [2.05, 4.69) is 0 Å². The average Bonchev–Trinajstić information content (AvgIpc) is 2.58. The fourth-order valence-corrected chi connectivity index (χ4v) is 2.67. The van der Waals surface area contributed by atoms with Gasteiger partial charge in [-0.25, -0.2) is 22.7 Å². The number of primary sulfonamides is 1. The lowest BCUT2D eigenvalue weighted by Gasteiger charge is -2.21. The van der Waals surface area contributed by atoms with Gasteiger partial charge < -0.3 is 9.64 Å². The quantitative estimate of drug-likeness (QED) is 0.791. The minimum atomic E-state index is -4.14. The van der Waals surface area contributed by atoms with E-state index in [-0.39, 0.29) is 0 Å². The van der Waals surface area contributed by atoms with Crippen LogP contribution in [0.15, 0.2) is 53.4 Å². The zero-order valence-corrected chi connectivity index (χ0v) is 14.9. The average molecular weight is 380 g/mol. The van der Waals surface area contributed by atoms with E-state index in [0.29, 0.717) is 5.56 Å². The standard InChI is InChI=1S/C17H17FN2O5S/c1-20(2)16(21)15(11-6-4-3-5-7-11)25-17(22)13-10-12(26(19,23)24)8-9-14(13)18/h3-10,15H,1-2H3,(H2,19,23,24)/t15-/m0/s1. The molecule has 0 radical (unpaired) electrons. The molecule has 9 heteroatoms. The molecular formula is C17H17FN2O5S. The lowest BCUT2D eigenvalue weighted by atomic mass is 10.1. The van der Waals surface area contributed by atoms with E-state index >= 15 is 0 Å². The first-order valence-electron chi connectivity index (χ1n) is 7.40. The molecule has 0 spiro atoms.